The summed E-state index contributed by atoms with van der Waals surface area (Å²) in [5.74, 6) is -22.9. The zero-order valence-electron chi connectivity index (χ0n) is 23.5. The van der Waals surface area contributed by atoms with Gasteiger partial charge in [0.2, 0.25) is 0 Å². The zero-order valence-corrected chi connectivity index (χ0v) is 23.5. The number of hydrogen-bond donors (Lipinski definition) is 10. The summed E-state index contributed by atoms with van der Waals surface area (Å²) >= 11 is 0. The fraction of sp³-hybridized carbons (Fsp3) is 0.600. The molecular formula is C25H32O20. The highest BCUT2D eigenvalue weighted by Gasteiger charge is 2.60. The lowest BCUT2D eigenvalue weighted by atomic mass is 9.56. The van der Waals surface area contributed by atoms with Crippen molar-refractivity contribution in [1.82, 2.24) is 0 Å². The lowest BCUT2D eigenvalue weighted by molar-refractivity contribution is -0.178. The van der Waals surface area contributed by atoms with Crippen LogP contribution in [-0.2, 0) is 47.9 Å². The minimum atomic E-state index is -3.32. The van der Waals surface area contributed by atoms with Crippen molar-refractivity contribution in [2.45, 2.75) is 64.7 Å². The molecule has 20 heteroatoms. The van der Waals surface area contributed by atoms with Crippen molar-refractivity contribution in [3.63, 3.8) is 0 Å². The van der Waals surface area contributed by atoms with Crippen LogP contribution >= 0.6 is 0 Å². The molecule has 0 aromatic heterocycles. The van der Waals surface area contributed by atoms with Gasteiger partial charge in [0.1, 0.15) is 0 Å². The highest BCUT2D eigenvalue weighted by Crippen LogP contribution is 2.54. The van der Waals surface area contributed by atoms with Crippen molar-refractivity contribution in [1.29, 1.82) is 0 Å². The molecule has 5 unspecified atom stereocenters. The zero-order chi connectivity index (χ0) is 35.7. The molecule has 5 atom stereocenters. The number of rotatable bonds is 23. The largest absolute Gasteiger partial charge is 0.481 e. The first-order chi connectivity index (χ1) is 20.3. The Bertz CT molecular complexity index is 1270. The van der Waals surface area contributed by atoms with E-state index in [4.69, 9.17) is 5.11 Å². The number of hydrogen-bond acceptors (Lipinski definition) is 10. The third-order valence-corrected chi connectivity index (χ3v) is 7.38. The maximum absolute atomic E-state index is 12.8. The first-order valence-electron chi connectivity index (χ1n) is 12.5. The van der Waals surface area contributed by atoms with Crippen LogP contribution < -0.4 is 0 Å². The lowest BCUT2D eigenvalue weighted by Gasteiger charge is -2.44. The molecule has 0 rings (SSSR count). The van der Waals surface area contributed by atoms with Crippen LogP contribution in [0.5, 0.6) is 0 Å². The average Bonchev–Trinajstić information content (AvgIpc) is 2.80. The first kappa shape index (κ1) is 39.7. The molecule has 0 amide bonds. The van der Waals surface area contributed by atoms with Gasteiger partial charge in [-0.25, -0.2) is 0 Å². The van der Waals surface area contributed by atoms with E-state index in [1.165, 1.54) is 0 Å². The van der Waals surface area contributed by atoms with E-state index in [1.54, 1.807) is 0 Å². The molecule has 0 saturated carbocycles. The molecule has 0 spiro atoms. The van der Waals surface area contributed by atoms with E-state index in [9.17, 15) is 93.9 Å². The van der Waals surface area contributed by atoms with Crippen LogP contribution in [0.4, 0.5) is 0 Å². The quantitative estimate of drug-likeness (QED) is 0.0689. The lowest BCUT2D eigenvalue weighted by Crippen LogP contribution is -2.51. The van der Waals surface area contributed by atoms with Gasteiger partial charge in [0.05, 0.1) is 59.7 Å². The molecule has 0 saturated heterocycles. The average molecular weight is 653 g/mol. The maximum atomic E-state index is 12.8. The summed E-state index contributed by atoms with van der Waals surface area (Å²) in [6.45, 7) is 0.679. The second-order valence-corrected chi connectivity index (χ2v) is 11.3. The molecule has 0 aromatic rings. The smallest absolute Gasteiger partial charge is 0.310 e. The standard InChI is InChI=1S/C25H32O20/c1-22(18(38)39,4-13(28)29)8-24(20(42)43,6-15(32)33)10-25(21(44)45,7-16(34)35)9-23(19(40)41,5-14(30)31)3-11(17(36)37)2-12(26)27/h11H,2-10H2,1H3,(H,26,27)(H,28,29)(H,30,31)(H,32,33)(H,34,35)(H,36,37)(H,38,39)(H,40,41)(H,42,43)(H,44,45). The molecule has 45 heavy (non-hydrogen) atoms. The van der Waals surface area contributed by atoms with Gasteiger partial charge in [-0.3, -0.25) is 47.9 Å². The summed E-state index contributed by atoms with van der Waals surface area (Å²) in [5.41, 5.74) is -12.3. The van der Waals surface area contributed by atoms with Crippen LogP contribution in [-0.4, -0.2) is 111 Å². The molecule has 0 heterocycles. The first-order valence-corrected chi connectivity index (χ1v) is 12.5. The summed E-state index contributed by atoms with van der Waals surface area (Å²) in [5, 5.41) is 96.9. The molecule has 0 aliphatic rings. The van der Waals surface area contributed by atoms with Crippen LogP contribution in [0.1, 0.15) is 64.7 Å². The Morgan fingerprint density at radius 1 is 0.444 bits per heavy atom. The van der Waals surface area contributed by atoms with Crippen molar-refractivity contribution in [3.8, 4) is 0 Å². The van der Waals surface area contributed by atoms with Crippen molar-refractivity contribution in [2.24, 2.45) is 27.6 Å². The monoisotopic (exact) mass is 652 g/mol. The van der Waals surface area contributed by atoms with Crippen LogP contribution in [0.3, 0.4) is 0 Å². The van der Waals surface area contributed by atoms with Crippen LogP contribution in [0.25, 0.3) is 0 Å². The number of aliphatic carboxylic acids is 10. The Morgan fingerprint density at radius 3 is 1.07 bits per heavy atom. The number of carboxylic acids is 10. The highest BCUT2D eigenvalue weighted by molar-refractivity contribution is 5.89. The fourth-order valence-electron chi connectivity index (χ4n) is 5.66. The van der Waals surface area contributed by atoms with E-state index in [-0.39, 0.29) is 0 Å². The van der Waals surface area contributed by atoms with E-state index in [1.807, 2.05) is 0 Å². The molecule has 0 aliphatic heterocycles. The van der Waals surface area contributed by atoms with E-state index in [0.717, 1.165) is 0 Å². The van der Waals surface area contributed by atoms with Gasteiger partial charge in [-0.15, -0.1) is 0 Å². The molecule has 252 valence electrons. The second kappa shape index (κ2) is 14.9. The van der Waals surface area contributed by atoms with Crippen molar-refractivity contribution in [2.75, 3.05) is 0 Å². The van der Waals surface area contributed by atoms with Gasteiger partial charge < -0.3 is 51.1 Å². The molecule has 20 nitrogen and oxygen atoms in total. The maximum Gasteiger partial charge on any atom is 0.310 e. The third kappa shape index (κ3) is 10.7. The Kier molecular flexibility index (Phi) is 13.2. The van der Waals surface area contributed by atoms with Gasteiger partial charge in [0.15, 0.2) is 0 Å². The van der Waals surface area contributed by atoms with Crippen LogP contribution in [0.2, 0.25) is 0 Å². The summed E-state index contributed by atoms with van der Waals surface area (Å²) in [6, 6.07) is 0. The van der Waals surface area contributed by atoms with Gasteiger partial charge in [0, 0.05) is 0 Å². The van der Waals surface area contributed by atoms with Gasteiger partial charge >= 0.3 is 59.7 Å². The molecule has 0 aromatic carbocycles. The van der Waals surface area contributed by atoms with Crippen LogP contribution in [0, 0.1) is 27.6 Å². The van der Waals surface area contributed by atoms with Crippen LogP contribution in [0.15, 0.2) is 0 Å². The van der Waals surface area contributed by atoms with Crippen molar-refractivity contribution >= 4 is 59.7 Å². The fourth-order valence-corrected chi connectivity index (χ4v) is 5.66. The third-order valence-electron chi connectivity index (χ3n) is 7.38. The Morgan fingerprint density at radius 2 is 0.778 bits per heavy atom. The Labute approximate surface area is 251 Å². The summed E-state index contributed by atoms with van der Waals surface area (Å²) in [7, 11) is 0. The molecule has 0 radical (unpaired) electrons. The Hall–Kier alpha value is -5.30. The molecule has 0 bridgehead atoms. The van der Waals surface area contributed by atoms with E-state index >= 15 is 0 Å². The minimum Gasteiger partial charge on any atom is -0.481 e. The van der Waals surface area contributed by atoms with E-state index in [0.29, 0.717) is 6.92 Å². The SMILES string of the molecule is CC(CC(=O)O)(CC(CC(=O)O)(CC(CC(=O)O)(CC(CC(=O)O)(CC(CC(=O)O)C(=O)O)C(=O)O)C(=O)O)C(=O)O)C(=O)O. The summed E-state index contributed by atoms with van der Waals surface area (Å²) in [6.07, 6.45) is -14.2. The minimum absolute atomic E-state index is 0.679. The number of carboxylic acid groups (broad SMARTS) is 10. The van der Waals surface area contributed by atoms with Gasteiger partial charge in [-0.2, -0.15) is 0 Å². The second-order valence-electron chi connectivity index (χ2n) is 11.3. The van der Waals surface area contributed by atoms with E-state index < -0.39 is 145 Å². The Balaban J connectivity index is 7.90. The van der Waals surface area contributed by atoms with E-state index in [2.05, 4.69) is 0 Å². The van der Waals surface area contributed by atoms with Gasteiger partial charge in [-0.05, 0) is 32.6 Å². The number of carbonyl (C=O) groups is 10. The molecule has 10 N–H and O–H groups in total. The predicted octanol–water partition coefficient (Wildman–Crippen LogP) is -0.0750. The van der Waals surface area contributed by atoms with Crippen molar-refractivity contribution in [3.05, 3.63) is 0 Å². The summed E-state index contributed by atoms with van der Waals surface area (Å²) < 4.78 is 0. The normalized spacial score (nSPS) is 17.1. The molecular weight excluding hydrogens is 620 g/mol. The highest BCUT2D eigenvalue weighted by atomic mass is 16.4. The van der Waals surface area contributed by atoms with Crippen molar-refractivity contribution < 1.29 is 99.0 Å². The topological polar surface area (TPSA) is 373 Å². The summed E-state index contributed by atoms with van der Waals surface area (Å²) in [4.78, 5) is 120. The molecule has 0 aliphatic carbocycles. The predicted molar refractivity (Wildman–Crippen MR) is 137 cm³/mol. The van der Waals surface area contributed by atoms with Gasteiger partial charge in [-0.1, -0.05) is 0 Å². The van der Waals surface area contributed by atoms with Gasteiger partial charge in [0.25, 0.3) is 0 Å². The molecule has 0 fully saturated rings.